The third kappa shape index (κ3) is 1.93. The summed E-state index contributed by atoms with van der Waals surface area (Å²) in [6, 6.07) is 5.74. The maximum atomic E-state index is 6.06. The molecule has 3 rings (SSSR count). The molecular formula is C15H19BO4. The topological polar surface area (TPSA) is 40.8 Å². The summed E-state index contributed by atoms with van der Waals surface area (Å²) in [6.07, 6.45) is 1.70. The van der Waals surface area contributed by atoms with Gasteiger partial charge in [0.05, 0.1) is 24.6 Å². The Morgan fingerprint density at radius 2 is 1.70 bits per heavy atom. The van der Waals surface area contributed by atoms with Gasteiger partial charge in [-0.2, -0.15) is 0 Å². The number of furan rings is 1. The molecule has 1 aliphatic heterocycles. The van der Waals surface area contributed by atoms with Gasteiger partial charge in [-0.05, 0) is 39.8 Å². The molecule has 0 radical (unpaired) electrons. The van der Waals surface area contributed by atoms with Crippen molar-refractivity contribution in [3.05, 3.63) is 24.5 Å². The summed E-state index contributed by atoms with van der Waals surface area (Å²) in [6.45, 7) is 8.16. The number of hydrogen-bond donors (Lipinski definition) is 0. The van der Waals surface area contributed by atoms with Crippen LogP contribution in [0.4, 0.5) is 0 Å². The molecule has 1 aliphatic rings. The predicted molar refractivity (Wildman–Crippen MR) is 78.5 cm³/mol. The van der Waals surface area contributed by atoms with Gasteiger partial charge in [-0.15, -0.1) is 0 Å². The Bertz CT molecular complexity index is 628. The maximum absolute atomic E-state index is 6.06. The normalized spacial score (nSPS) is 20.6. The van der Waals surface area contributed by atoms with E-state index in [0.29, 0.717) is 0 Å². The molecule has 20 heavy (non-hydrogen) atoms. The van der Waals surface area contributed by atoms with Crippen molar-refractivity contribution in [2.24, 2.45) is 0 Å². The molecule has 0 saturated carbocycles. The molecule has 2 aromatic rings. The lowest BCUT2D eigenvalue weighted by Gasteiger charge is -2.32. The molecule has 2 heterocycles. The highest BCUT2D eigenvalue weighted by Crippen LogP contribution is 2.37. The number of ether oxygens (including phenoxy) is 1. The molecule has 0 bridgehead atoms. The van der Waals surface area contributed by atoms with Crippen LogP contribution in [0.15, 0.2) is 28.9 Å². The molecule has 0 N–H and O–H groups in total. The standard InChI is InChI=1S/C15H19BO4/c1-14(2)15(3,4)20-16(19-14)12-9-18-13-8-10(17-5)6-7-11(12)13/h6-9H,1-5H3. The number of hydrogen-bond acceptors (Lipinski definition) is 4. The van der Waals surface area contributed by atoms with Crippen molar-refractivity contribution in [2.45, 2.75) is 38.9 Å². The number of fused-ring (bicyclic) bond motifs is 1. The highest BCUT2D eigenvalue weighted by atomic mass is 16.7. The third-order valence-corrected chi connectivity index (χ3v) is 4.32. The lowest BCUT2D eigenvalue weighted by molar-refractivity contribution is 0.00578. The minimum Gasteiger partial charge on any atom is -0.497 e. The first-order chi connectivity index (χ1) is 9.34. The van der Waals surface area contributed by atoms with Crippen molar-refractivity contribution >= 4 is 23.6 Å². The Labute approximate surface area is 119 Å². The van der Waals surface area contributed by atoms with E-state index < -0.39 is 7.12 Å². The number of methoxy groups -OCH3 is 1. The van der Waals surface area contributed by atoms with Crippen LogP contribution >= 0.6 is 0 Å². The molecule has 106 valence electrons. The van der Waals surface area contributed by atoms with Gasteiger partial charge in [0.1, 0.15) is 11.3 Å². The van der Waals surface area contributed by atoms with E-state index in [1.54, 1.807) is 13.4 Å². The van der Waals surface area contributed by atoms with E-state index in [0.717, 1.165) is 22.2 Å². The molecule has 1 saturated heterocycles. The van der Waals surface area contributed by atoms with E-state index in [-0.39, 0.29) is 11.2 Å². The number of rotatable bonds is 2. The fourth-order valence-electron chi connectivity index (χ4n) is 2.31. The molecular weight excluding hydrogens is 255 g/mol. The Hall–Kier alpha value is -1.46. The van der Waals surface area contributed by atoms with Crippen molar-refractivity contribution < 1.29 is 18.5 Å². The molecule has 1 fully saturated rings. The Morgan fingerprint density at radius 1 is 1.05 bits per heavy atom. The van der Waals surface area contributed by atoms with E-state index in [1.165, 1.54) is 0 Å². The van der Waals surface area contributed by atoms with E-state index in [9.17, 15) is 0 Å². The Kier molecular flexibility index (Phi) is 2.89. The summed E-state index contributed by atoms with van der Waals surface area (Å²) < 4.78 is 22.9. The second-order valence-corrected chi connectivity index (χ2v) is 6.14. The summed E-state index contributed by atoms with van der Waals surface area (Å²) in [4.78, 5) is 0. The van der Waals surface area contributed by atoms with Crippen molar-refractivity contribution in [2.75, 3.05) is 7.11 Å². The largest absolute Gasteiger partial charge is 0.498 e. The zero-order chi connectivity index (χ0) is 14.5. The Morgan fingerprint density at radius 3 is 2.30 bits per heavy atom. The van der Waals surface area contributed by atoms with Crippen LogP contribution in [-0.2, 0) is 9.31 Å². The van der Waals surface area contributed by atoms with Gasteiger partial charge in [0, 0.05) is 16.9 Å². The fraction of sp³-hybridized carbons (Fsp3) is 0.467. The van der Waals surface area contributed by atoms with E-state index in [2.05, 4.69) is 0 Å². The van der Waals surface area contributed by atoms with Gasteiger partial charge in [0.25, 0.3) is 0 Å². The van der Waals surface area contributed by atoms with Gasteiger partial charge in [-0.3, -0.25) is 0 Å². The minimum atomic E-state index is -0.408. The molecule has 0 unspecified atom stereocenters. The van der Waals surface area contributed by atoms with Crippen molar-refractivity contribution in [1.29, 1.82) is 0 Å². The first-order valence-corrected chi connectivity index (χ1v) is 6.75. The van der Waals surface area contributed by atoms with Crippen LogP contribution in [0.25, 0.3) is 11.0 Å². The predicted octanol–water partition coefficient (Wildman–Crippen LogP) is 2.74. The van der Waals surface area contributed by atoms with Crippen LogP contribution in [0.2, 0.25) is 0 Å². The van der Waals surface area contributed by atoms with E-state index >= 15 is 0 Å². The van der Waals surface area contributed by atoms with Crippen molar-refractivity contribution in [3.8, 4) is 5.75 Å². The maximum Gasteiger partial charge on any atom is 0.498 e. The fourth-order valence-corrected chi connectivity index (χ4v) is 2.31. The zero-order valence-corrected chi connectivity index (χ0v) is 12.5. The van der Waals surface area contributed by atoms with Gasteiger partial charge in [0.2, 0.25) is 0 Å². The Balaban J connectivity index is 2.00. The smallest absolute Gasteiger partial charge is 0.497 e. The molecule has 0 spiro atoms. The minimum absolute atomic E-state index is 0.353. The number of benzene rings is 1. The van der Waals surface area contributed by atoms with Crippen LogP contribution in [0.1, 0.15) is 27.7 Å². The molecule has 0 atom stereocenters. The second-order valence-electron chi connectivity index (χ2n) is 6.14. The van der Waals surface area contributed by atoms with Crippen LogP contribution in [-0.4, -0.2) is 25.4 Å². The highest BCUT2D eigenvalue weighted by Gasteiger charge is 2.52. The average molecular weight is 274 g/mol. The van der Waals surface area contributed by atoms with Crippen LogP contribution < -0.4 is 10.2 Å². The molecule has 5 heteroatoms. The van der Waals surface area contributed by atoms with Crippen molar-refractivity contribution in [3.63, 3.8) is 0 Å². The van der Waals surface area contributed by atoms with Crippen LogP contribution in [0.3, 0.4) is 0 Å². The average Bonchev–Trinajstić information content (AvgIpc) is 2.87. The van der Waals surface area contributed by atoms with Gasteiger partial charge in [0.15, 0.2) is 0 Å². The first-order valence-electron chi connectivity index (χ1n) is 6.75. The summed E-state index contributed by atoms with van der Waals surface area (Å²) in [5.74, 6) is 0.771. The molecule has 0 aliphatic carbocycles. The van der Waals surface area contributed by atoms with E-state index in [4.69, 9.17) is 18.5 Å². The van der Waals surface area contributed by atoms with Gasteiger partial charge in [-0.25, -0.2) is 0 Å². The lowest BCUT2D eigenvalue weighted by Crippen LogP contribution is -2.41. The summed E-state index contributed by atoms with van der Waals surface area (Å²) in [5.41, 5.74) is 0.983. The lowest BCUT2D eigenvalue weighted by atomic mass is 9.79. The third-order valence-electron chi connectivity index (χ3n) is 4.32. The summed E-state index contributed by atoms with van der Waals surface area (Å²) in [5, 5.41) is 0.990. The zero-order valence-electron chi connectivity index (χ0n) is 12.5. The SMILES string of the molecule is COc1ccc2c(B3OC(C)(C)C(C)(C)O3)coc2c1. The van der Waals surface area contributed by atoms with Gasteiger partial charge < -0.3 is 18.5 Å². The van der Waals surface area contributed by atoms with Crippen LogP contribution in [0, 0.1) is 0 Å². The molecule has 1 aromatic heterocycles. The molecule has 1 aromatic carbocycles. The second kappa shape index (κ2) is 4.27. The van der Waals surface area contributed by atoms with Gasteiger partial charge in [-0.1, -0.05) is 0 Å². The summed E-state index contributed by atoms with van der Waals surface area (Å²) in [7, 11) is 1.23. The monoisotopic (exact) mass is 274 g/mol. The summed E-state index contributed by atoms with van der Waals surface area (Å²) >= 11 is 0. The molecule has 0 amide bonds. The quantitative estimate of drug-likeness (QED) is 0.789. The highest BCUT2D eigenvalue weighted by molar-refractivity contribution is 6.65. The van der Waals surface area contributed by atoms with Crippen molar-refractivity contribution in [1.82, 2.24) is 0 Å². The first kappa shape index (κ1) is 13.5. The molecule has 4 nitrogen and oxygen atoms in total. The van der Waals surface area contributed by atoms with E-state index in [1.807, 2.05) is 45.9 Å². The van der Waals surface area contributed by atoms with Crippen LogP contribution in [0.5, 0.6) is 5.75 Å². The van der Waals surface area contributed by atoms with Gasteiger partial charge >= 0.3 is 7.12 Å².